The minimum atomic E-state index is -0.397. The van der Waals surface area contributed by atoms with Crippen molar-refractivity contribution in [2.75, 3.05) is 17.7 Å². The molecule has 0 spiro atoms. The van der Waals surface area contributed by atoms with Crippen molar-refractivity contribution in [2.24, 2.45) is 0 Å². The summed E-state index contributed by atoms with van der Waals surface area (Å²) in [5, 5.41) is 3.48. The summed E-state index contributed by atoms with van der Waals surface area (Å²) in [5.74, 6) is 0.542. The molecular weight excluding hydrogens is 346 g/mol. The largest absolute Gasteiger partial charge is 0.462 e. The minimum Gasteiger partial charge on any atom is -0.462 e. The molecule has 4 nitrogen and oxygen atoms in total. The van der Waals surface area contributed by atoms with E-state index in [0.29, 0.717) is 28.6 Å². The number of hydrogen-bond acceptors (Lipinski definition) is 4. The van der Waals surface area contributed by atoms with Gasteiger partial charge in [0.2, 0.25) is 5.91 Å². The number of carbonyl (C=O) groups is 2. The molecule has 0 aromatic heterocycles. The van der Waals surface area contributed by atoms with Gasteiger partial charge in [-0.2, -0.15) is 0 Å². The summed E-state index contributed by atoms with van der Waals surface area (Å²) in [7, 11) is 0. The highest BCUT2D eigenvalue weighted by atomic mass is 35.5. The zero-order chi connectivity index (χ0) is 17.4. The van der Waals surface area contributed by atoms with E-state index >= 15 is 0 Å². The molecule has 0 saturated carbocycles. The Kier molecular flexibility index (Phi) is 7.15. The molecule has 24 heavy (non-hydrogen) atoms. The summed E-state index contributed by atoms with van der Waals surface area (Å²) < 4.78 is 4.95. The van der Waals surface area contributed by atoms with E-state index in [2.05, 4.69) is 5.32 Å². The van der Waals surface area contributed by atoms with Crippen molar-refractivity contribution >= 4 is 40.9 Å². The Balaban J connectivity index is 1.82. The van der Waals surface area contributed by atoms with Crippen LogP contribution in [0.25, 0.3) is 0 Å². The topological polar surface area (TPSA) is 55.4 Å². The molecule has 126 valence electrons. The molecule has 0 heterocycles. The first kappa shape index (κ1) is 18.4. The predicted octanol–water partition coefficient (Wildman–Crippen LogP) is 4.39. The normalized spacial score (nSPS) is 10.2. The van der Waals surface area contributed by atoms with Gasteiger partial charge in [0.25, 0.3) is 0 Å². The van der Waals surface area contributed by atoms with Gasteiger partial charge in [0.1, 0.15) is 0 Å². The van der Waals surface area contributed by atoms with Gasteiger partial charge in [-0.05, 0) is 42.8 Å². The summed E-state index contributed by atoms with van der Waals surface area (Å²) in [6.07, 6.45) is 0. The van der Waals surface area contributed by atoms with Crippen molar-refractivity contribution in [3.63, 3.8) is 0 Å². The zero-order valence-electron chi connectivity index (χ0n) is 13.3. The first-order valence-corrected chi connectivity index (χ1v) is 9.01. The van der Waals surface area contributed by atoms with E-state index in [-0.39, 0.29) is 5.91 Å². The lowest BCUT2D eigenvalue weighted by atomic mass is 10.2. The van der Waals surface area contributed by atoms with Crippen LogP contribution in [0.3, 0.4) is 0 Å². The summed E-state index contributed by atoms with van der Waals surface area (Å²) in [4.78, 5) is 23.7. The highest BCUT2D eigenvalue weighted by molar-refractivity contribution is 7.99. The van der Waals surface area contributed by atoms with Crippen molar-refractivity contribution in [3.05, 3.63) is 64.7 Å². The lowest BCUT2D eigenvalue weighted by Gasteiger charge is -2.07. The lowest BCUT2D eigenvalue weighted by Crippen LogP contribution is -2.15. The summed E-state index contributed by atoms with van der Waals surface area (Å²) in [5.41, 5.74) is 2.11. The fourth-order valence-corrected chi connectivity index (χ4v) is 2.89. The Labute approximate surface area is 150 Å². The van der Waals surface area contributed by atoms with Gasteiger partial charge in [-0.3, -0.25) is 4.79 Å². The van der Waals surface area contributed by atoms with Crippen LogP contribution in [-0.2, 0) is 15.3 Å². The average molecular weight is 364 g/mol. The number of nitrogens with one attached hydrogen (secondary N) is 1. The molecule has 0 fully saturated rings. The van der Waals surface area contributed by atoms with Crippen LogP contribution in [-0.4, -0.2) is 24.2 Å². The number of halogens is 1. The Hall–Kier alpha value is -1.98. The fraction of sp³-hybridized carbons (Fsp3) is 0.222. The maximum Gasteiger partial charge on any atom is 0.338 e. The van der Waals surface area contributed by atoms with E-state index in [1.807, 2.05) is 24.3 Å². The lowest BCUT2D eigenvalue weighted by molar-refractivity contribution is -0.113. The van der Waals surface area contributed by atoms with Gasteiger partial charge in [-0.1, -0.05) is 29.8 Å². The molecule has 0 saturated heterocycles. The second-order valence-electron chi connectivity index (χ2n) is 4.97. The number of carbonyl (C=O) groups excluding carboxylic acids is 2. The molecule has 0 atom stereocenters. The van der Waals surface area contributed by atoms with Crippen LogP contribution < -0.4 is 5.32 Å². The van der Waals surface area contributed by atoms with Gasteiger partial charge < -0.3 is 10.1 Å². The van der Waals surface area contributed by atoms with Crippen LogP contribution in [0.5, 0.6) is 0 Å². The standard InChI is InChI=1S/C18H18ClNO3S/c1-2-23-18(22)14-4-3-5-16(10-14)20-17(21)12-24-11-13-6-8-15(19)9-7-13/h3-10H,2,11-12H2,1H3,(H,20,21). The molecule has 0 bridgehead atoms. The Morgan fingerprint density at radius 1 is 1.17 bits per heavy atom. The van der Waals surface area contributed by atoms with Crippen LogP contribution in [0.1, 0.15) is 22.8 Å². The predicted molar refractivity (Wildman–Crippen MR) is 98.6 cm³/mol. The molecule has 0 aliphatic heterocycles. The van der Waals surface area contributed by atoms with E-state index < -0.39 is 5.97 Å². The number of esters is 1. The van der Waals surface area contributed by atoms with Gasteiger partial charge in [0.15, 0.2) is 0 Å². The van der Waals surface area contributed by atoms with Crippen LogP contribution in [0.2, 0.25) is 5.02 Å². The van der Waals surface area contributed by atoms with Gasteiger partial charge >= 0.3 is 5.97 Å². The van der Waals surface area contributed by atoms with Crippen molar-refractivity contribution in [1.29, 1.82) is 0 Å². The molecule has 2 rings (SSSR count). The molecule has 6 heteroatoms. The van der Waals surface area contributed by atoms with Crippen molar-refractivity contribution in [1.82, 2.24) is 0 Å². The van der Waals surface area contributed by atoms with Gasteiger partial charge in [0, 0.05) is 16.5 Å². The number of thioether (sulfide) groups is 1. The first-order chi connectivity index (χ1) is 11.6. The molecule has 2 aromatic carbocycles. The summed E-state index contributed by atoms with van der Waals surface area (Å²) in [6, 6.07) is 14.3. The van der Waals surface area contributed by atoms with Crippen LogP contribution in [0, 0.1) is 0 Å². The van der Waals surface area contributed by atoms with Gasteiger partial charge in [-0.25, -0.2) is 4.79 Å². The quantitative estimate of drug-likeness (QED) is 0.741. The van der Waals surface area contributed by atoms with E-state index in [0.717, 1.165) is 11.3 Å². The molecule has 0 aliphatic rings. The Morgan fingerprint density at radius 3 is 2.62 bits per heavy atom. The smallest absolute Gasteiger partial charge is 0.338 e. The number of hydrogen-bond donors (Lipinski definition) is 1. The molecular formula is C18H18ClNO3S. The first-order valence-electron chi connectivity index (χ1n) is 7.47. The molecule has 1 amide bonds. The van der Waals surface area contributed by atoms with E-state index in [9.17, 15) is 9.59 Å². The molecule has 2 aromatic rings. The zero-order valence-corrected chi connectivity index (χ0v) is 14.8. The van der Waals surface area contributed by atoms with Gasteiger partial charge in [0.05, 0.1) is 17.9 Å². The second kappa shape index (κ2) is 9.35. The molecule has 0 radical (unpaired) electrons. The van der Waals surface area contributed by atoms with Crippen LogP contribution in [0.4, 0.5) is 5.69 Å². The molecule has 0 unspecified atom stereocenters. The third-order valence-electron chi connectivity index (χ3n) is 3.07. The van der Waals surface area contributed by atoms with Crippen molar-refractivity contribution in [2.45, 2.75) is 12.7 Å². The van der Waals surface area contributed by atoms with E-state index in [1.54, 1.807) is 31.2 Å². The van der Waals surface area contributed by atoms with Gasteiger partial charge in [-0.15, -0.1) is 11.8 Å². The number of anilines is 1. The van der Waals surface area contributed by atoms with E-state index in [4.69, 9.17) is 16.3 Å². The minimum absolute atomic E-state index is 0.116. The highest BCUT2D eigenvalue weighted by Gasteiger charge is 2.08. The fourth-order valence-electron chi connectivity index (χ4n) is 1.98. The second-order valence-corrected chi connectivity index (χ2v) is 6.39. The molecule has 0 aliphatic carbocycles. The van der Waals surface area contributed by atoms with Crippen LogP contribution in [0.15, 0.2) is 48.5 Å². The average Bonchev–Trinajstić information content (AvgIpc) is 2.57. The van der Waals surface area contributed by atoms with Crippen molar-refractivity contribution < 1.29 is 14.3 Å². The maximum atomic E-state index is 12.0. The Morgan fingerprint density at radius 2 is 1.92 bits per heavy atom. The number of benzene rings is 2. The highest BCUT2D eigenvalue weighted by Crippen LogP contribution is 2.16. The monoisotopic (exact) mass is 363 g/mol. The number of amides is 1. The van der Waals surface area contributed by atoms with Crippen molar-refractivity contribution in [3.8, 4) is 0 Å². The van der Waals surface area contributed by atoms with E-state index in [1.165, 1.54) is 11.8 Å². The third-order valence-corrected chi connectivity index (χ3v) is 4.33. The SMILES string of the molecule is CCOC(=O)c1cccc(NC(=O)CSCc2ccc(Cl)cc2)c1. The van der Waals surface area contributed by atoms with Crippen LogP contribution >= 0.6 is 23.4 Å². The third kappa shape index (κ3) is 5.91. The number of rotatable bonds is 7. The Bertz CT molecular complexity index is 704. The maximum absolute atomic E-state index is 12.0. The summed E-state index contributed by atoms with van der Waals surface area (Å²) in [6.45, 7) is 2.07. The summed E-state index contributed by atoms with van der Waals surface area (Å²) >= 11 is 7.35. The number of ether oxygens (including phenoxy) is 1. The molecule has 1 N–H and O–H groups in total.